The zero-order valence-electron chi connectivity index (χ0n) is 13.0. The first-order valence-electron chi connectivity index (χ1n) is 8.11. The van der Waals surface area contributed by atoms with Gasteiger partial charge in [0, 0.05) is 6.54 Å². The summed E-state index contributed by atoms with van der Waals surface area (Å²) in [6.07, 6.45) is 7.63. The lowest BCUT2D eigenvalue weighted by Crippen LogP contribution is -2.64. The molecule has 0 spiro atoms. The average Bonchev–Trinajstić information content (AvgIpc) is 2.41. The smallest absolute Gasteiger partial charge is 0.245 e. The van der Waals surface area contributed by atoms with E-state index in [0.717, 1.165) is 18.9 Å². The Kier molecular flexibility index (Phi) is 5.06. The maximum Gasteiger partial charge on any atom is 0.245 e. The largest absolute Gasteiger partial charge is 0.343 e. The molecule has 0 radical (unpaired) electrons. The molecule has 2 unspecified atom stereocenters. The Morgan fingerprint density at radius 2 is 1.85 bits per heavy atom. The minimum absolute atomic E-state index is 0.00995. The highest BCUT2D eigenvalue weighted by molar-refractivity contribution is 5.96. The number of carbonyl (C=O) groups excluding carboxylic acids is 2. The van der Waals surface area contributed by atoms with Gasteiger partial charge < -0.3 is 10.2 Å². The molecule has 114 valence electrons. The fraction of sp³-hybridized carbons (Fsp3) is 0.875. The van der Waals surface area contributed by atoms with E-state index in [1.54, 1.807) is 6.92 Å². The number of hydrogen-bond donors (Lipinski definition) is 1. The lowest BCUT2D eigenvalue weighted by atomic mass is 9.86. The number of nitrogens with zero attached hydrogens (tertiary/aromatic N) is 1. The van der Waals surface area contributed by atoms with Crippen LogP contribution in [0.1, 0.15) is 59.3 Å². The normalized spacial score (nSPS) is 28.9. The molecule has 1 saturated heterocycles. The van der Waals surface area contributed by atoms with Crippen molar-refractivity contribution in [3.05, 3.63) is 0 Å². The lowest BCUT2D eigenvalue weighted by molar-refractivity contribution is -0.150. The average molecular weight is 280 g/mol. The summed E-state index contributed by atoms with van der Waals surface area (Å²) in [4.78, 5) is 26.4. The molecule has 2 rings (SSSR count). The lowest BCUT2D eigenvalue weighted by Gasteiger charge is -2.40. The van der Waals surface area contributed by atoms with Crippen LogP contribution in [0.4, 0.5) is 0 Å². The highest BCUT2D eigenvalue weighted by Crippen LogP contribution is 2.27. The Morgan fingerprint density at radius 1 is 1.20 bits per heavy atom. The van der Waals surface area contributed by atoms with E-state index < -0.39 is 0 Å². The first-order chi connectivity index (χ1) is 9.50. The van der Waals surface area contributed by atoms with Crippen molar-refractivity contribution in [3.8, 4) is 0 Å². The van der Waals surface area contributed by atoms with Crippen LogP contribution in [0.25, 0.3) is 0 Å². The minimum Gasteiger partial charge on any atom is -0.343 e. The minimum atomic E-state index is -0.371. The van der Waals surface area contributed by atoms with Crippen LogP contribution in [0, 0.1) is 11.8 Å². The summed E-state index contributed by atoms with van der Waals surface area (Å²) in [7, 11) is 0. The molecule has 2 aliphatic rings. The highest BCUT2D eigenvalue weighted by Gasteiger charge is 2.39. The van der Waals surface area contributed by atoms with Crippen molar-refractivity contribution in [2.24, 2.45) is 11.8 Å². The van der Waals surface area contributed by atoms with Gasteiger partial charge in [-0.25, -0.2) is 0 Å². The molecule has 0 bridgehead atoms. The van der Waals surface area contributed by atoms with Crippen LogP contribution in [0.2, 0.25) is 0 Å². The second-order valence-corrected chi connectivity index (χ2v) is 6.74. The first kappa shape index (κ1) is 15.3. The third-order valence-electron chi connectivity index (χ3n) is 4.75. The van der Waals surface area contributed by atoms with Crippen molar-refractivity contribution in [2.75, 3.05) is 6.54 Å². The Morgan fingerprint density at radius 3 is 2.45 bits per heavy atom. The first-order valence-corrected chi connectivity index (χ1v) is 8.11. The second-order valence-electron chi connectivity index (χ2n) is 6.74. The molecule has 1 heterocycles. The van der Waals surface area contributed by atoms with Gasteiger partial charge in [0.2, 0.25) is 11.8 Å². The van der Waals surface area contributed by atoms with Gasteiger partial charge in [-0.1, -0.05) is 46.0 Å². The summed E-state index contributed by atoms with van der Waals surface area (Å²) >= 11 is 0. The molecule has 0 aromatic heterocycles. The number of amides is 2. The zero-order chi connectivity index (χ0) is 14.7. The molecule has 0 aromatic rings. The van der Waals surface area contributed by atoms with E-state index in [4.69, 9.17) is 0 Å². The van der Waals surface area contributed by atoms with Gasteiger partial charge in [0.1, 0.15) is 12.1 Å². The van der Waals surface area contributed by atoms with Gasteiger partial charge in [-0.3, -0.25) is 9.59 Å². The van der Waals surface area contributed by atoms with E-state index in [0.29, 0.717) is 0 Å². The monoisotopic (exact) mass is 280 g/mol. The molecular formula is C16H28N2O2. The van der Waals surface area contributed by atoms with Gasteiger partial charge >= 0.3 is 0 Å². The maximum atomic E-state index is 12.4. The van der Waals surface area contributed by atoms with Gasteiger partial charge in [0.05, 0.1) is 0 Å². The fourth-order valence-corrected chi connectivity index (χ4v) is 3.60. The van der Waals surface area contributed by atoms with E-state index in [2.05, 4.69) is 5.32 Å². The quantitative estimate of drug-likeness (QED) is 0.859. The summed E-state index contributed by atoms with van der Waals surface area (Å²) in [6, 6.07) is -0.661. The van der Waals surface area contributed by atoms with Crippen LogP contribution in [0.3, 0.4) is 0 Å². The van der Waals surface area contributed by atoms with E-state index in [-0.39, 0.29) is 29.8 Å². The van der Waals surface area contributed by atoms with Crippen molar-refractivity contribution in [3.63, 3.8) is 0 Å². The van der Waals surface area contributed by atoms with E-state index in [1.165, 1.54) is 32.1 Å². The summed E-state index contributed by atoms with van der Waals surface area (Å²) in [5, 5.41) is 2.80. The van der Waals surface area contributed by atoms with E-state index >= 15 is 0 Å². The Bertz CT molecular complexity index is 361. The molecule has 20 heavy (non-hydrogen) atoms. The molecule has 4 nitrogen and oxygen atoms in total. The van der Waals surface area contributed by atoms with E-state index in [1.807, 2.05) is 18.7 Å². The van der Waals surface area contributed by atoms with Crippen molar-refractivity contribution in [1.82, 2.24) is 10.2 Å². The topological polar surface area (TPSA) is 49.4 Å². The van der Waals surface area contributed by atoms with Crippen LogP contribution < -0.4 is 5.32 Å². The number of nitrogens with one attached hydrogen (secondary N) is 1. The van der Waals surface area contributed by atoms with Gasteiger partial charge in [-0.05, 0) is 25.2 Å². The van der Waals surface area contributed by atoms with Crippen molar-refractivity contribution < 1.29 is 9.59 Å². The molecular weight excluding hydrogens is 252 g/mol. The standard InChI is InChI=1S/C16H28N2O2/c1-11(2)14-15(19)17-12(3)16(20)18(14)10-9-13-7-5-4-6-8-13/h11-14H,4-10H2,1-3H3,(H,17,19). The van der Waals surface area contributed by atoms with Crippen LogP contribution in [0.15, 0.2) is 0 Å². The molecule has 2 atom stereocenters. The molecule has 2 fully saturated rings. The summed E-state index contributed by atoms with van der Waals surface area (Å²) < 4.78 is 0. The van der Waals surface area contributed by atoms with E-state index in [9.17, 15) is 9.59 Å². The molecule has 1 aliphatic carbocycles. The molecule has 4 heteroatoms. The number of carbonyl (C=O) groups is 2. The van der Waals surface area contributed by atoms with Crippen molar-refractivity contribution >= 4 is 11.8 Å². The summed E-state index contributed by atoms with van der Waals surface area (Å²) in [5.74, 6) is 0.998. The maximum absolute atomic E-state index is 12.4. The van der Waals surface area contributed by atoms with Gasteiger partial charge in [-0.2, -0.15) is 0 Å². The predicted molar refractivity (Wildman–Crippen MR) is 79.1 cm³/mol. The van der Waals surface area contributed by atoms with Crippen LogP contribution in [0.5, 0.6) is 0 Å². The molecule has 0 aromatic carbocycles. The summed E-state index contributed by atoms with van der Waals surface area (Å²) in [5.41, 5.74) is 0. The van der Waals surface area contributed by atoms with Gasteiger partial charge in [0.15, 0.2) is 0 Å². The van der Waals surface area contributed by atoms with Gasteiger partial charge in [0.25, 0.3) is 0 Å². The fourth-order valence-electron chi connectivity index (χ4n) is 3.60. The molecule has 2 amide bonds. The number of hydrogen-bond acceptors (Lipinski definition) is 2. The Labute approximate surface area is 122 Å². The molecule has 1 aliphatic heterocycles. The summed E-state index contributed by atoms with van der Waals surface area (Å²) in [6.45, 7) is 6.55. The van der Waals surface area contributed by atoms with Gasteiger partial charge in [-0.15, -0.1) is 0 Å². The molecule has 1 saturated carbocycles. The van der Waals surface area contributed by atoms with Crippen LogP contribution >= 0.6 is 0 Å². The predicted octanol–water partition coefficient (Wildman–Crippen LogP) is 2.33. The Balaban J connectivity index is 2.00. The number of piperazine rings is 1. The van der Waals surface area contributed by atoms with Crippen molar-refractivity contribution in [2.45, 2.75) is 71.4 Å². The Hall–Kier alpha value is -1.06. The highest BCUT2D eigenvalue weighted by atomic mass is 16.2. The molecule has 1 N–H and O–H groups in total. The SMILES string of the molecule is CC1NC(=O)C(C(C)C)N(CCC2CCCCC2)C1=O. The third-order valence-corrected chi connectivity index (χ3v) is 4.75. The zero-order valence-corrected chi connectivity index (χ0v) is 13.0. The third kappa shape index (κ3) is 3.33. The number of rotatable bonds is 4. The van der Waals surface area contributed by atoms with Crippen LogP contribution in [-0.4, -0.2) is 35.3 Å². The second kappa shape index (κ2) is 6.59. The van der Waals surface area contributed by atoms with Crippen molar-refractivity contribution in [1.29, 1.82) is 0 Å². The van der Waals surface area contributed by atoms with Crippen LogP contribution in [-0.2, 0) is 9.59 Å².